The zero-order chi connectivity index (χ0) is 11.4. The van der Waals surface area contributed by atoms with Crippen LogP contribution in [-0.2, 0) is 6.42 Å². The van der Waals surface area contributed by atoms with E-state index >= 15 is 0 Å². The molecule has 1 heteroatoms. The lowest BCUT2D eigenvalue weighted by molar-refractivity contribution is 0.615. The highest BCUT2D eigenvalue weighted by atomic mass is 16.3. The van der Waals surface area contributed by atoms with Gasteiger partial charge in [-0.3, -0.25) is 0 Å². The lowest BCUT2D eigenvalue weighted by Crippen LogP contribution is -1.93. The van der Waals surface area contributed by atoms with Gasteiger partial charge in [-0.15, -0.1) is 0 Å². The van der Waals surface area contributed by atoms with E-state index in [4.69, 9.17) is 4.42 Å². The van der Waals surface area contributed by atoms with Gasteiger partial charge in [-0.2, -0.15) is 0 Å². The third kappa shape index (κ3) is 1.09. The molecule has 0 radical (unpaired) electrons. The molecule has 0 spiro atoms. The molecule has 1 nitrogen and oxygen atoms in total. The van der Waals surface area contributed by atoms with Crippen molar-refractivity contribution >= 4 is 27.8 Å². The Bertz CT molecular complexity index is 775. The molecular weight excluding hydrogens is 208 g/mol. The summed E-state index contributed by atoms with van der Waals surface area (Å²) in [5.74, 6) is 0. The largest absolute Gasteiger partial charge is 0.464 e. The lowest BCUT2D eigenvalue weighted by atomic mass is 9.91. The van der Waals surface area contributed by atoms with Crippen LogP contribution in [0.1, 0.15) is 16.7 Å². The standard InChI is InChI=1S/C16H12O/c1-10-4-2-5-11-8-14-16-12(9-17-14)6-3-7-13(16)15(10)11/h2-6,8-9H,7H2,1H3. The summed E-state index contributed by atoms with van der Waals surface area (Å²) in [6.07, 6.45) is 7.24. The first-order chi connectivity index (χ1) is 8.34. The van der Waals surface area contributed by atoms with E-state index in [1.165, 1.54) is 32.8 Å². The Hall–Kier alpha value is -2.02. The molecule has 0 amide bonds. The van der Waals surface area contributed by atoms with Crippen LogP contribution in [0, 0.1) is 6.92 Å². The van der Waals surface area contributed by atoms with Crippen LogP contribution in [0.2, 0.25) is 0 Å². The van der Waals surface area contributed by atoms with Gasteiger partial charge in [0.1, 0.15) is 5.58 Å². The van der Waals surface area contributed by atoms with Gasteiger partial charge in [0.25, 0.3) is 0 Å². The number of hydrogen-bond acceptors (Lipinski definition) is 1. The summed E-state index contributed by atoms with van der Waals surface area (Å²) in [6.45, 7) is 2.18. The Balaban J connectivity index is 2.34. The van der Waals surface area contributed by atoms with Gasteiger partial charge < -0.3 is 4.42 Å². The third-order valence-corrected chi connectivity index (χ3v) is 3.66. The van der Waals surface area contributed by atoms with Crippen LogP contribution >= 0.6 is 0 Å². The smallest absolute Gasteiger partial charge is 0.135 e. The van der Waals surface area contributed by atoms with Crippen molar-refractivity contribution < 1.29 is 4.42 Å². The Morgan fingerprint density at radius 1 is 1.18 bits per heavy atom. The zero-order valence-corrected chi connectivity index (χ0v) is 9.66. The monoisotopic (exact) mass is 220 g/mol. The summed E-state index contributed by atoms with van der Waals surface area (Å²) in [5, 5.41) is 3.98. The SMILES string of the molecule is Cc1cccc2cc3occ4c3c(c12)CC=C4. The van der Waals surface area contributed by atoms with Crippen molar-refractivity contribution in [2.24, 2.45) is 0 Å². The van der Waals surface area contributed by atoms with Crippen molar-refractivity contribution in [3.8, 4) is 0 Å². The number of hydrogen-bond donors (Lipinski definition) is 0. The minimum absolute atomic E-state index is 1.01. The Labute approximate surface area is 99.4 Å². The highest BCUT2D eigenvalue weighted by Crippen LogP contribution is 2.36. The second-order valence-corrected chi connectivity index (χ2v) is 4.70. The van der Waals surface area contributed by atoms with Gasteiger partial charge in [0.2, 0.25) is 0 Å². The number of benzene rings is 2. The van der Waals surface area contributed by atoms with E-state index in [1.807, 2.05) is 6.26 Å². The molecule has 17 heavy (non-hydrogen) atoms. The van der Waals surface area contributed by atoms with Crippen molar-refractivity contribution in [3.05, 3.63) is 53.3 Å². The average Bonchev–Trinajstić information content (AvgIpc) is 2.74. The third-order valence-electron chi connectivity index (χ3n) is 3.66. The van der Waals surface area contributed by atoms with Gasteiger partial charge in [0, 0.05) is 10.9 Å². The summed E-state index contributed by atoms with van der Waals surface area (Å²) < 4.78 is 5.66. The van der Waals surface area contributed by atoms with E-state index in [0.29, 0.717) is 0 Å². The van der Waals surface area contributed by atoms with Crippen LogP contribution in [0.4, 0.5) is 0 Å². The average molecular weight is 220 g/mol. The first-order valence-electron chi connectivity index (χ1n) is 5.93. The van der Waals surface area contributed by atoms with E-state index in [1.54, 1.807) is 0 Å². The molecule has 1 aliphatic carbocycles. The Kier molecular flexibility index (Phi) is 1.60. The summed E-state index contributed by atoms with van der Waals surface area (Å²) in [6, 6.07) is 8.62. The second kappa shape index (κ2) is 3.01. The van der Waals surface area contributed by atoms with Crippen LogP contribution in [0.25, 0.3) is 27.8 Å². The number of rotatable bonds is 0. The van der Waals surface area contributed by atoms with Gasteiger partial charge in [0.05, 0.1) is 6.26 Å². The van der Waals surface area contributed by atoms with E-state index < -0.39 is 0 Å². The van der Waals surface area contributed by atoms with Crippen LogP contribution in [0.15, 0.2) is 41.0 Å². The zero-order valence-electron chi connectivity index (χ0n) is 9.66. The maximum Gasteiger partial charge on any atom is 0.135 e. The summed E-state index contributed by atoms with van der Waals surface area (Å²) in [5.41, 5.74) is 4.99. The van der Waals surface area contributed by atoms with Crippen LogP contribution in [0.3, 0.4) is 0 Å². The normalized spacial score (nSPS) is 13.7. The molecule has 0 fully saturated rings. The number of aryl methyl sites for hydroxylation is 1. The molecule has 0 unspecified atom stereocenters. The topological polar surface area (TPSA) is 13.1 Å². The molecule has 1 heterocycles. The molecule has 0 bridgehead atoms. The summed E-state index contributed by atoms with van der Waals surface area (Å²) >= 11 is 0. The molecule has 82 valence electrons. The first kappa shape index (κ1) is 9.06. The fraction of sp³-hybridized carbons (Fsp3) is 0.125. The molecule has 4 rings (SSSR count). The summed E-state index contributed by atoms with van der Waals surface area (Å²) in [7, 11) is 0. The van der Waals surface area contributed by atoms with Crippen molar-refractivity contribution in [2.75, 3.05) is 0 Å². The van der Waals surface area contributed by atoms with Crippen molar-refractivity contribution in [1.29, 1.82) is 0 Å². The molecule has 0 saturated carbocycles. The molecule has 3 aromatic rings. The van der Waals surface area contributed by atoms with E-state index in [9.17, 15) is 0 Å². The van der Waals surface area contributed by atoms with Crippen LogP contribution in [-0.4, -0.2) is 0 Å². The molecule has 0 atom stereocenters. The van der Waals surface area contributed by atoms with Crippen molar-refractivity contribution in [3.63, 3.8) is 0 Å². The van der Waals surface area contributed by atoms with E-state index in [2.05, 4.69) is 43.3 Å². The number of furan rings is 1. The van der Waals surface area contributed by atoms with Crippen LogP contribution < -0.4 is 0 Å². The van der Waals surface area contributed by atoms with Gasteiger partial charge in [0.15, 0.2) is 0 Å². The minimum Gasteiger partial charge on any atom is -0.464 e. The highest BCUT2D eigenvalue weighted by Gasteiger charge is 2.16. The summed E-state index contributed by atoms with van der Waals surface area (Å²) in [4.78, 5) is 0. The van der Waals surface area contributed by atoms with Gasteiger partial charge in [-0.05, 0) is 41.3 Å². The minimum atomic E-state index is 1.01. The van der Waals surface area contributed by atoms with Gasteiger partial charge >= 0.3 is 0 Å². The van der Waals surface area contributed by atoms with Gasteiger partial charge in [-0.1, -0.05) is 30.4 Å². The van der Waals surface area contributed by atoms with Crippen LogP contribution in [0.5, 0.6) is 0 Å². The van der Waals surface area contributed by atoms with Crippen molar-refractivity contribution in [2.45, 2.75) is 13.3 Å². The maximum atomic E-state index is 5.66. The molecule has 0 saturated heterocycles. The Morgan fingerprint density at radius 2 is 2.12 bits per heavy atom. The van der Waals surface area contributed by atoms with Gasteiger partial charge in [-0.25, -0.2) is 0 Å². The maximum absolute atomic E-state index is 5.66. The second-order valence-electron chi connectivity index (χ2n) is 4.70. The van der Waals surface area contributed by atoms with Crippen molar-refractivity contribution in [1.82, 2.24) is 0 Å². The van der Waals surface area contributed by atoms with E-state index in [-0.39, 0.29) is 0 Å². The molecule has 0 aliphatic heterocycles. The molecule has 1 aliphatic rings. The molecular formula is C16H12O. The Morgan fingerprint density at radius 3 is 3.06 bits per heavy atom. The first-order valence-corrected chi connectivity index (χ1v) is 5.93. The van der Waals surface area contributed by atoms with E-state index in [0.717, 1.165) is 12.0 Å². The predicted octanol–water partition coefficient (Wildman–Crippen LogP) is 4.46. The number of allylic oxidation sites excluding steroid dienone is 1. The fourth-order valence-electron chi connectivity index (χ4n) is 2.94. The molecule has 2 aromatic carbocycles. The quantitative estimate of drug-likeness (QED) is 0.545. The predicted molar refractivity (Wildman–Crippen MR) is 71.2 cm³/mol. The molecule has 0 N–H and O–H groups in total. The lowest BCUT2D eigenvalue weighted by Gasteiger charge is -2.12. The fourth-order valence-corrected chi connectivity index (χ4v) is 2.94. The highest BCUT2D eigenvalue weighted by molar-refractivity contribution is 6.05. The number of fused-ring (bicyclic) bond motifs is 2. The molecule has 1 aromatic heterocycles.